The van der Waals surface area contributed by atoms with Crippen molar-refractivity contribution in [3.8, 4) is 0 Å². The van der Waals surface area contributed by atoms with Crippen LogP contribution >= 0.6 is 22.9 Å². The SMILES string of the molecule is O=C([O-])c1ccc(Cl)c(NC(=O)c2cccs2)c1. The summed E-state index contributed by atoms with van der Waals surface area (Å²) in [7, 11) is 0. The van der Waals surface area contributed by atoms with Crippen LogP contribution in [0.3, 0.4) is 0 Å². The molecule has 0 saturated heterocycles. The summed E-state index contributed by atoms with van der Waals surface area (Å²) in [6, 6.07) is 7.40. The lowest BCUT2D eigenvalue weighted by Gasteiger charge is -2.09. The van der Waals surface area contributed by atoms with E-state index in [-0.39, 0.29) is 22.2 Å². The topological polar surface area (TPSA) is 69.2 Å². The molecule has 1 aromatic heterocycles. The number of carboxylic acid groups (broad SMARTS) is 1. The van der Waals surface area contributed by atoms with Gasteiger partial charge in [0.15, 0.2) is 0 Å². The number of benzene rings is 1. The standard InChI is InChI=1S/C12H8ClNO3S/c13-8-4-3-7(12(16)17)6-9(8)14-11(15)10-2-1-5-18-10/h1-6H,(H,14,15)(H,16,17)/p-1. The Kier molecular flexibility index (Phi) is 3.64. The lowest BCUT2D eigenvalue weighted by molar-refractivity contribution is -0.255. The number of carbonyl (C=O) groups excluding carboxylic acids is 2. The fourth-order valence-corrected chi connectivity index (χ4v) is 2.12. The summed E-state index contributed by atoms with van der Waals surface area (Å²) in [6.07, 6.45) is 0. The van der Waals surface area contributed by atoms with E-state index in [0.29, 0.717) is 4.88 Å². The van der Waals surface area contributed by atoms with E-state index in [4.69, 9.17) is 11.6 Å². The molecule has 0 atom stereocenters. The van der Waals surface area contributed by atoms with E-state index in [1.54, 1.807) is 17.5 Å². The number of nitrogens with one attached hydrogen (secondary N) is 1. The van der Waals surface area contributed by atoms with E-state index in [2.05, 4.69) is 5.32 Å². The minimum absolute atomic E-state index is 0.0409. The van der Waals surface area contributed by atoms with Crippen molar-refractivity contribution >= 4 is 40.5 Å². The van der Waals surface area contributed by atoms with Crippen molar-refractivity contribution in [2.45, 2.75) is 0 Å². The summed E-state index contributed by atoms with van der Waals surface area (Å²) in [5.41, 5.74) is 0.206. The van der Waals surface area contributed by atoms with Gasteiger partial charge in [0, 0.05) is 0 Å². The zero-order valence-corrected chi connectivity index (χ0v) is 10.5. The van der Waals surface area contributed by atoms with Gasteiger partial charge in [-0.2, -0.15) is 0 Å². The van der Waals surface area contributed by atoms with Crippen molar-refractivity contribution in [1.29, 1.82) is 0 Å². The Morgan fingerprint density at radius 2 is 2.06 bits per heavy atom. The first-order chi connectivity index (χ1) is 8.58. The zero-order chi connectivity index (χ0) is 13.1. The first kappa shape index (κ1) is 12.6. The van der Waals surface area contributed by atoms with Gasteiger partial charge in [0.25, 0.3) is 5.91 Å². The quantitative estimate of drug-likeness (QED) is 0.935. The van der Waals surface area contributed by atoms with E-state index < -0.39 is 5.97 Å². The summed E-state index contributed by atoms with van der Waals surface area (Å²) < 4.78 is 0. The van der Waals surface area contributed by atoms with Gasteiger partial charge in [-0.1, -0.05) is 23.7 Å². The van der Waals surface area contributed by atoms with Crippen LogP contribution in [0.5, 0.6) is 0 Å². The molecule has 2 rings (SSSR count). The van der Waals surface area contributed by atoms with Gasteiger partial charge in [0.2, 0.25) is 0 Å². The van der Waals surface area contributed by atoms with Gasteiger partial charge >= 0.3 is 0 Å². The molecule has 1 amide bonds. The van der Waals surface area contributed by atoms with Crippen molar-refractivity contribution in [2.75, 3.05) is 5.32 Å². The second kappa shape index (κ2) is 5.20. The smallest absolute Gasteiger partial charge is 0.265 e. The normalized spacial score (nSPS) is 10.1. The highest BCUT2D eigenvalue weighted by molar-refractivity contribution is 7.12. The highest BCUT2D eigenvalue weighted by Gasteiger charge is 2.10. The average Bonchev–Trinajstić information content (AvgIpc) is 2.85. The molecule has 6 heteroatoms. The van der Waals surface area contributed by atoms with Crippen LogP contribution in [-0.2, 0) is 0 Å². The lowest BCUT2D eigenvalue weighted by Crippen LogP contribution is -2.22. The van der Waals surface area contributed by atoms with Crippen LogP contribution in [0.25, 0.3) is 0 Å². The molecule has 0 aliphatic heterocycles. The highest BCUT2D eigenvalue weighted by Crippen LogP contribution is 2.24. The molecule has 0 aliphatic carbocycles. The second-order valence-corrected chi connectivity index (χ2v) is 4.77. The summed E-state index contributed by atoms with van der Waals surface area (Å²) in [5.74, 6) is -1.65. The number of halogens is 1. The Morgan fingerprint density at radius 1 is 1.28 bits per heavy atom. The highest BCUT2D eigenvalue weighted by atomic mass is 35.5. The molecule has 0 bridgehead atoms. The lowest BCUT2D eigenvalue weighted by atomic mass is 10.2. The first-order valence-corrected chi connectivity index (χ1v) is 6.19. The maximum absolute atomic E-state index is 11.8. The molecule has 0 radical (unpaired) electrons. The molecule has 1 N–H and O–H groups in total. The number of hydrogen-bond acceptors (Lipinski definition) is 4. The minimum Gasteiger partial charge on any atom is -0.545 e. The zero-order valence-electron chi connectivity index (χ0n) is 8.98. The molecule has 0 fully saturated rings. The Hall–Kier alpha value is -1.85. The fourth-order valence-electron chi connectivity index (χ4n) is 1.34. The van der Waals surface area contributed by atoms with E-state index in [9.17, 15) is 14.7 Å². The monoisotopic (exact) mass is 280 g/mol. The van der Waals surface area contributed by atoms with Gasteiger partial charge in [-0.25, -0.2) is 0 Å². The van der Waals surface area contributed by atoms with Crippen molar-refractivity contribution in [2.24, 2.45) is 0 Å². The van der Waals surface area contributed by atoms with Crippen LogP contribution in [0.15, 0.2) is 35.7 Å². The molecule has 1 heterocycles. The predicted molar refractivity (Wildman–Crippen MR) is 68.1 cm³/mol. The molecule has 0 aliphatic rings. The van der Waals surface area contributed by atoms with Crippen molar-refractivity contribution in [3.05, 3.63) is 51.2 Å². The van der Waals surface area contributed by atoms with Crippen molar-refractivity contribution in [1.82, 2.24) is 0 Å². The Labute approximate surface area is 112 Å². The van der Waals surface area contributed by atoms with Crippen LogP contribution < -0.4 is 10.4 Å². The summed E-state index contributed by atoms with van der Waals surface area (Å²) in [4.78, 5) is 23.0. The third-order valence-corrected chi connectivity index (χ3v) is 3.39. The summed E-state index contributed by atoms with van der Waals surface area (Å²) in [5, 5.41) is 15.3. The van der Waals surface area contributed by atoms with Gasteiger partial charge in [0.05, 0.1) is 21.6 Å². The molecule has 0 spiro atoms. The molecule has 1 aromatic carbocycles. The number of aromatic carboxylic acids is 1. The molecule has 0 saturated carbocycles. The number of thiophene rings is 1. The van der Waals surface area contributed by atoms with Crippen LogP contribution in [0.1, 0.15) is 20.0 Å². The van der Waals surface area contributed by atoms with Crippen LogP contribution in [-0.4, -0.2) is 11.9 Å². The van der Waals surface area contributed by atoms with E-state index in [1.165, 1.54) is 29.5 Å². The van der Waals surface area contributed by atoms with Gasteiger partial charge in [-0.05, 0) is 29.1 Å². The molecule has 18 heavy (non-hydrogen) atoms. The molecule has 4 nitrogen and oxygen atoms in total. The number of carbonyl (C=O) groups is 2. The second-order valence-electron chi connectivity index (χ2n) is 3.41. The van der Waals surface area contributed by atoms with Crippen LogP contribution in [0, 0.1) is 0 Å². The fraction of sp³-hybridized carbons (Fsp3) is 0. The Balaban J connectivity index is 2.26. The van der Waals surface area contributed by atoms with Crippen LogP contribution in [0.4, 0.5) is 5.69 Å². The van der Waals surface area contributed by atoms with Gasteiger partial charge in [-0.3, -0.25) is 4.79 Å². The number of carboxylic acids is 1. The Morgan fingerprint density at radius 3 is 2.67 bits per heavy atom. The van der Waals surface area contributed by atoms with Crippen molar-refractivity contribution < 1.29 is 14.7 Å². The third-order valence-electron chi connectivity index (χ3n) is 2.20. The maximum Gasteiger partial charge on any atom is 0.265 e. The molecular weight excluding hydrogens is 274 g/mol. The van der Waals surface area contributed by atoms with E-state index in [1.807, 2.05) is 0 Å². The van der Waals surface area contributed by atoms with Crippen molar-refractivity contribution in [3.63, 3.8) is 0 Å². The van der Waals surface area contributed by atoms with Gasteiger partial charge in [-0.15, -0.1) is 11.3 Å². The van der Waals surface area contributed by atoms with Gasteiger partial charge < -0.3 is 15.2 Å². The molecule has 2 aromatic rings. The van der Waals surface area contributed by atoms with E-state index >= 15 is 0 Å². The maximum atomic E-state index is 11.8. The molecular formula is C12H7ClNO3S-. The predicted octanol–water partition coefficient (Wildman–Crippen LogP) is 2.02. The number of amides is 1. The third kappa shape index (κ3) is 2.69. The average molecular weight is 281 g/mol. The van der Waals surface area contributed by atoms with Gasteiger partial charge in [0.1, 0.15) is 0 Å². The van der Waals surface area contributed by atoms with Crippen LogP contribution in [0.2, 0.25) is 5.02 Å². The number of anilines is 1. The molecule has 92 valence electrons. The van der Waals surface area contributed by atoms with E-state index in [0.717, 1.165) is 0 Å². The Bertz CT molecular complexity index is 595. The minimum atomic E-state index is -1.32. The number of rotatable bonds is 3. The summed E-state index contributed by atoms with van der Waals surface area (Å²) in [6.45, 7) is 0. The number of hydrogen-bond donors (Lipinski definition) is 1. The largest absolute Gasteiger partial charge is 0.545 e. The first-order valence-electron chi connectivity index (χ1n) is 4.93. The summed E-state index contributed by atoms with van der Waals surface area (Å²) >= 11 is 7.16. The molecule has 0 unspecified atom stereocenters.